The van der Waals surface area contributed by atoms with E-state index in [2.05, 4.69) is 15.1 Å². The van der Waals surface area contributed by atoms with Crippen molar-refractivity contribution >= 4 is 22.4 Å². The summed E-state index contributed by atoms with van der Waals surface area (Å²) in [5, 5.41) is 13.2. The summed E-state index contributed by atoms with van der Waals surface area (Å²) in [5.41, 5.74) is 1.14. The van der Waals surface area contributed by atoms with E-state index in [1.165, 1.54) is 33.7 Å². The summed E-state index contributed by atoms with van der Waals surface area (Å²) >= 11 is 0. The molecule has 34 heavy (non-hydrogen) atoms. The molecule has 2 heterocycles. The number of benzene rings is 2. The first-order valence-corrected chi connectivity index (χ1v) is 10.2. The number of methoxy groups -OCH3 is 2. The largest absolute Gasteiger partial charge is 0.497 e. The first-order chi connectivity index (χ1) is 16.2. The smallest absolute Gasteiger partial charge is 0.435 e. The maximum Gasteiger partial charge on any atom is 0.435 e. The molecular formula is C23H22F3N5O3. The molecular weight excluding hydrogens is 451 g/mol. The molecule has 0 saturated carbocycles. The molecule has 0 fully saturated rings. The lowest BCUT2D eigenvalue weighted by atomic mass is 10.1. The molecule has 2 aromatic heterocycles. The molecule has 0 spiro atoms. The van der Waals surface area contributed by atoms with Gasteiger partial charge in [0.25, 0.3) is 0 Å². The minimum absolute atomic E-state index is 0.0573. The van der Waals surface area contributed by atoms with Crippen LogP contribution in [0.3, 0.4) is 0 Å². The van der Waals surface area contributed by atoms with Crippen LogP contribution in [0.15, 0.2) is 48.8 Å². The Morgan fingerprint density at radius 2 is 1.71 bits per heavy atom. The molecule has 0 unspecified atom stereocenters. The first-order valence-electron chi connectivity index (χ1n) is 10.2. The highest BCUT2D eigenvalue weighted by Crippen LogP contribution is 2.36. The second-order valence-electron chi connectivity index (χ2n) is 7.44. The van der Waals surface area contributed by atoms with Gasteiger partial charge in [0.15, 0.2) is 5.69 Å². The summed E-state index contributed by atoms with van der Waals surface area (Å²) < 4.78 is 52.1. The van der Waals surface area contributed by atoms with E-state index in [0.29, 0.717) is 33.9 Å². The Kier molecular flexibility index (Phi) is 6.29. The molecule has 0 atom stereocenters. The number of rotatable bonds is 7. The van der Waals surface area contributed by atoms with Gasteiger partial charge < -0.3 is 19.5 Å². The van der Waals surface area contributed by atoms with Gasteiger partial charge in [-0.15, -0.1) is 0 Å². The molecule has 0 aliphatic heterocycles. The highest BCUT2D eigenvalue weighted by atomic mass is 19.4. The number of aryl methyl sites for hydroxylation is 1. The first kappa shape index (κ1) is 23.3. The van der Waals surface area contributed by atoms with Gasteiger partial charge in [-0.2, -0.15) is 18.3 Å². The van der Waals surface area contributed by atoms with Crippen LogP contribution < -0.4 is 14.4 Å². The molecule has 0 bridgehead atoms. The van der Waals surface area contributed by atoms with Crippen LogP contribution in [0, 0.1) is 0 Å². The van der Waals surface area contributed by atoms with Gasteiger partial charge in [-0.25, -0.2) is 4.98 Å². The lowest BCUT2D eigenvalue weighted by Crippen LogP contribution is -2.21. The minimum atomic E-state index is -4.63. The molecule has 0 aliphatic carbocycles. The van der Waals surface area contributed by atoms with Crippen molar-refractivity contribution in [3.05, 3.63) is 54.5 Å². The minimum Gasteiger partial charge on any atom is -0.497 e. The molecule has 2 aromatic carbocycles. The Balaban J connectivity index is 1.81. The van der Waals surface area contributed by atoms with Gasteiger partial charge in [-0.1, -0.05) is 0 Å². The number of hydrogen-bond donors (Lipinski definition) is 1. The third-order valence-electron chi connectivity index (χ3n) is 5.18. The van der Waals surface area contributed by atoms with Crippen molar-refractivity contribution in [2.24, 2.45) is 7.05 Å². The van der Waals surface area contributed by atoms with Crippen LogP contribution in [0.2, 0.25) is 0 Å². The molecule has 4 aromatic rings. The third kappa shape index (κ3) is 4.60. The molecule has 8 nitrogen and oxygen atoms in total. The maximum absolute atomic E-state index is 13.5. The number of ether oxygens (including phenoxy) is 2. The number of aliphatic hydroxyl groups excluding tert-OH is 1. The number of aliphatic hydroxyl groups is 1. The molecule has 4 rings (SSSR count). The van der Waals surface area contributed by atoms with Crippen LogP contribution in [-0.2, 0) is 13.2 Å². The second kappa shape index (κ2) is 9.18. The fraction of sp³-hybridized carbons (Fsp3) is 0.261. The Labute approximate surface area is 193 Å². The molecule has 0 amide bonds. The number of anilines is 2. The van der Waals surface area contributed by atoms with Gasteiger partial charge in [0.2, 0.25) is 0 Å². The van der Waals surface area contributed by atoms with E-state index in [9.17, 15) is 18.3 Å². The van der Waals surface area contributed by atoms with Crippen LogP contribution in [0.5, 0.6) is 11.5 Å². The zero-order valence-corrected chi connectivity index (χ0v) is 18.7. The van der Waals surface area contributed by atoms with Crippen molar-refractivity contribution in [1.29, 1.82) is 0 Å². The molecule has 1 N–H and O–H groups in total. The number of nitrogens with zero attached hydrogens (tertiary/aromatic N) is 5. The molecule has 11 heteroatoms. The molecule has 0 aliphatic rings. The summed E-state index contributed by atoms with van der Waals surface area (Å²) in [6, 6.07) is 10.5. The predicted molar refractivity (Wildman–Crippen MR) is 120 cm³/mol. The zero-order valence-electron chi connectivity index (χ0n) is 18.7. The Morgan fingerprint density at radius 1 is 1.00 bits per heavy atom. The highest BCUT2D eigenvalue weighted by Gasteiger charge is 2.37. The molecule has 0 saturated heterocycles. The Morgan fingerprint density at radius 3 is 2.32 bits per heavy atom. The summed E-state index contributed by atoms with van der Waals surface area (Å²) in [7, 11) is 4.49. The number of hydrogen-bond acceptors (Lipinski definition) is 7. The lowest BCUT2D eigenvalue weighted by molar-refractivity contribution is -0.141. The second-order valence-corrected chi connectivity index (χ2v) is 7.44. The van der Waals surface area contributed by atoms with Gasteiger partial charge in [0, 0.05) is 49.4 Å². The van der Waals surface area contributed by atoms with E-state index in [4.69, 9.17) is 9.47 Å². The van der Waals surface area contributed by atoms with Gasteiger partial charge in [-0.3, -0.25) is 9.67 Å². The summed E-state index contributed by atoms with van der Waals surface area (Å²) in [4.78, 5) is 10.6. The third-order valence-corrected chi connectivity index (χ3v) is 5.18. The van der Waals surface area contributed by atoms with Crippen molar-refractivity contribution in [3.8, 4) is 22.8 Å². The van der Waals surface area contributed by atoms with Crippen molar-refractivity contribution in [3.63, 3.8) is 0 Å². The van der Waals surface area contributed by atoms with Crippen molar-refractivity contribution < 1.29 is 27.8 Å². The van der Waals surface area contributed by atoms with Gasteiger partial charge in [-0.05, 0) is 18.2 Å². The van der Waals surface area contributed by atoms with E-state index in [1.807, 2.05) is 4.90 Å². The number of halogens is 3. The standard InChI is InChI=1S/C23H22F3N5O3/c1-30-13-18(22(29-30)23(24,25)26)21-12-27-19-5-4-14(10-20(19)28-21)31(6-7-32)15-8-16(33-2)11-17(9-15)34-3/h4-5,8-13,32H,6-7H2,1-3H3. The van der Waals surface area contributed by atoms with E-state index in [0.717, 1.165) is 4.68 Å². The number of fused-ring (bicyclic) bond motifs is 1. The van der Waals surface area contributed by atoms with E-state index in [1.54, 1.807) is 36.4 Å². The maximum atomic E-state index is 13.5. The quantitative estimate of drug-likeness (QED) is 0.431. The fourth-order valence-electron chi connectivity index (χ4n) is 3.64. The van der Waals surface area contributed by atoms with Gasteiger partial charge in [0.05, 0.1) is 49.3 Å². The topological polar surface area (TPSA) is 85.5 Å². The van der Waals surface area contributed by atoms with Crippen molar-refractivity contribution in [2.75, 3.05) is 32.3 Å². The van der Waals surface area contributed by atoms with E-state index >= 15 is 0 Å². The predicted octanol–water partition coefficient (Wildman–Crippen LogP) is 4.20. The zero-order chi connectivity index (χ0) is 24.5. The normalized spacial score (nSPS) is 11.6. The summed E-state index contributed by atoms with van der Waals surface area (Å²) in [5.74, 6) is 1.13. The average Bonchev–Trinajstić information content (AvgIpc) is 3.23. The molecule has 0 radical (unpaired) electrons. The van der Waals surface area contributed by atoms with Crippen LogP contribution in [-0.4, -0.2) is 52.2 Å². The molecule has 178 valence electrons. The van der Waals surface area contributed by atoms with Crippen molar-refractivity contribution in [2.45, 2.75) is 6.18 Å². The van der Waals surface area contributed by atoms with E-state index < -0.39 is 11.9 Å². The Hall–Kier alpha value is -3.86. The SMILES string of the molecule is COc1cc(OC)cc(N(CCO)c2ccc3ncc(-c4cn(C)nc4C(F)(F)F)nc3c2)c1. The summed E-state index contributed by atoms with van der Waals surface area (Å²) in [6.45, 7) is 0.101. The highest BCUT2D eigenvalue weighted by molar-refractivity contribution is 5.83. The van der Waals surface area contributed by atoms with Crippen LogP contribution >= 0.6 is 0 Å². The van der Waals surface area contributed by atoms with Crippen LogP contribution in [0.25, 0.3) is 22.3 Å². The Bertz CT molecular complexity index is 1300. The lowest BCUT2D eigenvalue weighted by Gasteiger charge is -2.25. The number of alkyl halides is 3. The van der Waals surface area contributed by atoms with E-state index in [-0.39, 0.29) is 24.4 Å². The van der Waals surface area contributed by atoms with Gasteiger partial charge >= 0.3 is 6.18 Å². The van der Waals surface area contributed by atoms with Crippen molar-refractivity contribution in [1.82, 2.24) is 19.7 Å². The number of aromatic nitrogens is 4. The van der Waals surface area contributed by atoms with Crippen LogP contribution in [0.1, 0.15) is 5.69 Å². The monoisotopic (exact) mass is 473 g/mol. The van der Waals surface area contributed by atoms with Crippen LogP contribution in [0.4, 0.5) is 24.5 Å². The average molecular weight is 473 g/mol. The summed E-state index contributed by atoms with van der Waals surface area (Å²) in [6.07, 6.45) is -2.06. The fourth-order valence-corrected chi connectivity index (χ4v) is 3.64. The van der Waals surface area contributed by atoms with Gasteiger partial charge in [0.1, 0.15) is 11.5 Å².